The summed E-state index contributed by atoms with van der Waals surface area (Å²) in [5.74, 6) is 2.20. The third-order valence-corrected chi connectivity index (χ3v) is 5.43. The Labute approximate surface area is 170 Å². The number of carbonyl (C=O) groups excluding carboxylic acids is 1. The first-order chi connectivity index (χ1) is 14.1. The number of rotatable bonds is 5. The Morgan fingerprint density at radius 1 is 0.966 bits per heavy atom. The molecule has 1 atom stereocenters. The van der Waals surface area contributed by atoms with Crippen LogP contribution < -0.4 is 14.2 Å². The molecular weight excluding hydrogens is 368 g/mol. The van der Waals surface area contributed by atoms with Crippen LogP contribution in [0.4, 0.5) is 0 Å². The molecule has 150 valence electrons. The normalized spacial score (nSPS) is 16.1. The van der Waals surface area contributed by atoms with Gasteiger partial charge in [-0.15, -0.1) is 0 Å². The molecule has 1 unspecified atom stereocenters. The molecule has 0 spiro atoms. The van der Waals surface area contributed by atoms with Crippen LogP contribution in [0.15, 0.2) is 48.5 Å². The van der Waals surface area contributed by atoms with Gasteiger partial charge in [-0.25, -0.2) is 4.98 Å². The van der Waals surface area contributed by atoms with E-state index in [0.717, 1.165) is 46.6 Å². The minimum absolute atomic E-state index is 0.0686. The number of hydrogen-bond acceptors (Lipinski definition) is 5. The fourth-order valence-corrected chi connectivity index (χ4v) is 3.93. The van der Waals surface area contributed by atoms with E-state index in [1.807, 2.05) is 47.4 Å². The number of carbonyl (C=O) groups is 1. The molecule has 1 saturated heterocycles. The number of methoxy groups -OCH3 is 3. The summed E-state index contributed by atoms with van der Waals surface area (Å²) in [6.07, 6.45) is 1.81. The first-order valence-electron chi connectivity index (χ1n) is 9.62. The lowest BCUT2D eigenvalue weighted by Crippen LogP contribution is -2.31. The Balaban J connectivity index is 1.67. The summed E-state index contributed by atoms with van der Waals surface area (Å²) < 4.78 is 16.2. The van der Waals surface area contributed by atoms with Crippen LogP contribution in [0.3, 0.4) is 0 Å². The molecule has 29 heavy (non-hydrogen) atoms. The monoisotopic (exact) mass is 392 g/mol. The summed E-state index contributed by atoms with van der Waals surface area (Å²) in [6.45, 7) is 0.687. The zero-order valence-corrected chi connectivity index (χ0v) is 16.8. The molecule has 0 N–H and O–H groups in total. The van der Waals surface area contributed by atoms with Gasteiger partial charge in [0, 0.05) is 17.5 Å². The molecule has 1 aliphatic rings. The van der Waals surface area contributed by atoms with Crippen molar-refractivity contribution in [1.82, 2.24) is 9.88 Å². The lowest BCUT2D eigenvalue weighted by Gasteiger charge is -2.26. The number of aromatic nitrogens is 1. The van der Waals surface area contributed by atoms with Crippen molar-refractivity contribution in [3.8, 4) is 17.2 Å². The van der Waals surface area contributed by atoms with E-state index >= 15 is 0 Å². The van der Waals surface area contributed by atoms with E-state index in [9.17, 15) is 4.79 Å². The fraction of sp³-hybridized carbons (Fsp3) is 0.304. The van der Waals surface area contributed by atoms with Gasteiger partial charge >= 0.3 is 0 Å². The van der Waals surface area contributed by atoms with Crippen LogP contribution in [-0.4, -0.2) is 43.7 Å². The van der Waals surface area contributed by atoms with Crippen molar-refractivity contribution < 1.29 is 19.0 Å². The molecule has 3 aromatic rings. The van der Waals surface area contributed by atoms with Crippen molar-refractivity contribution in [3.05, 3.63) is 59.8 Å². The maximum absolute atomic E-state index is 13.3. The summed E-state index contributed by atoms with van der Waals surface area (Å²) in [7, 11) is 4.91. The number of hydrogen-bond donors (Lipinski definition) is 0. The molecule has 0 bridgehead atoms. The van der Waals surface area contributed by atoms with E-state index in [1.165, 1.54) is 0 Å². The average molecular weight is 392 g/mol. The van der Waals surface area contributed by atoms with Crippen LogP contribution in [0, 0.1) is 0 Å². The van der Waals surface area contributed by atoms with E-state index in [-0.39, 0.29) is 11.9 Å². The quantitative estimate of drug-likeness (QED) is 0.650. The zero-order valence-electron chi connectivity index (χ0n) is 16.8. The van der Waals surface area contributed by atoms with Crippen LogP contribution in [-0.2, 0) is 0 Å². The maximum atomic E-state index is 13.3. The SMILES string of the molecule is COc1ccc(OC)c(C2CCCN2C(=O)c2ccc3cc(OC)ccc3n2)c1. The topological polar surface area (TPSA) is 60.9 Å². The van der Waals surface area contributed by atoms with Gasteiger partial charge in [-0.1, -0.05) is 6.07 Å². The second kappa shape index (κ2) is 7.99. The van der Waals surface area contributed by atoms with Crippen molar-refractivity contribution in [3.63, 3.8) is 0 Å². The van der Waals surface area contributed by atoms with E-state index < -0.39 is 0 Å². The number of amides is 1. The van der Waals surface area contributed by atoms with Gasteiger partial charge in [0.05, 0.1) is 32.9 Å². The van der Waals surface area contributed by atoms with Crippen molar-refractivity contribution in [2.45, 2.75) is 18.9 Å². The van der Waals surface area contributed by atoms with Gasteiger partial charge in [0.15, 0.2) is 0 Å². The van der Waals surface area contributed by atoms with Gasteiger partial charge < -0.3 is 19.1 Å². The van der Waals surface area contributed by atoms with E-state index in [2.05, 4.69) is 4.98 Å². The molecule has 1 amide bonds. The summed E-state index contributed by atoms with van der Waals surface area (Å²) in [6, 6.07) is 15.0. The summed E-state index contributed by atoms with van der Waals surface area (Å²) in [5, 5.41) is 0.938. The van der Waals surface area contributed by atoms with Crippen LogP contribution >= 0.6 is 0 Å². The largest absolute Gasteiger partial charge is 0.497 e. The molecule has 1 aromatic heterocycles. The van der Waals surface area contributed by atoms with Crippen LogP contribution in [0.2, 0.25) is 0 Å². The average Bonchev–Trinajstić information content (AvgIpc) is 3.27. The lowest BCUT2D eigenvalue weighted by molar-refractivity contribution is 0.0728. The second-order valence-corrected chi connectivity index (χ2v) is 7.02. The van der Waals surface area contributed by atoms with Gasteiger partial charge in [0.2, 0.25) is 0 Å². The Morgan fingerprint density at radius 2 is 1.72 bits per heavy atom. The number of ether oxygens (including phenoxy) is 3. The van der Waals surface area contributed by atoms with E-state index in [0.29, 0.717) is 12.2 Å². The third-order valence-electron chi connectivity index (χ3n) is 5.43. The van der Waals surface area contributed by atoms with E-state index in [4.69, 9.17) is 14.2 Å². The van der Waals surface area contributed by atoms with Gasteiger partial charge in [-0.3, -0.25) is 4.79 Å². The number of nitrogens with zero attached hydrogens (tertiary/aromatic N) is 2. The molecule has 0 aliphatic carbocycles. The smallest absolute Gasteiger partial charge is 0.272 e. The Morgan fingerprint density at radius 3 is 2.48 bits per heavy atom. The number of fused-ring (bicyclic) bond motifs is 1. The number of benzene rings is 2. The predicted molar refractivity (Wildman–Crippen MR) is 111 cm³/mol. The molecule has 6 heteroatoms. The summed E-state index contributed by atoms with van der Waals surface area (Å²) in [4.78, 5) is 19.8. The standard InChI is InChI=1S/C23H24N2O4/c1-27-16-7-10-19-15(13-16)6-9-20(24-19)23(26)25-12-4-5-21(25)18-14-17(28-2)8-11-22(18)29-3/h6-11,13-14,21H,4-5,12H2,1-3H3. The number of likely N-dealkylation sites (tertiary alicyclic amines) is 1. The predicted octanol–water partition coefficient (Wildman–Crippen LogP) is 4.24. The Kier molecular flexibility index (Phi) is 5.25. The Hall–Kier alpha value is -3.28. The molecule has 0 radical (unpaired) electrons. The van der Waals surface area contributed by atoms with Crippen molar-refractivity contribution in [2.24, 2.45) is 0 Å². The van der Waals surface area contributed by atoms with Crippen LogP contribution in [0.25, 0.3) is 10.9 Å². The van der Waals surface area contributed by atoms with Crippen molar-refractivity contribution >= 4 is 16.8 Å². The van der Waals surface area contributed by atoms with Gasteiger partial charge in [0.1, 0.15) is 22.9 Å². The highest BCUT2D eigenvalue weighted by molar-refractivity contribution is 5.95. The minimum Gasteiger partial charge on any atom is -0.497 e. The summed E-state index contributed by atoms with van der Waals surface area (Å²) >= 11 is 0. The lowest BCUT2D eigenvalue weighted by atomic mass is 10.0. The van der Waals surface area contributed by atoms with Gasteiger partial charge in [-0.05, 0) is 55.3 Å². The highest BCUT2D eigenvalue weighted by Gasteiger charge is 2.33. The molecular formula is C23H24N2O4. The third kappa shape index (κ3) is 3.58. The first kappa shape index (κ1) is 19.1. The molecule has 1 fully saturated rings. The maximum Gasteiger partial charge on any atom is 0.272 e. The second-order valence-electron chi connectivity index (χ2n) is 7.02. The van der Waals surface area contributed by atoms with E-state index in [1.54, 1.807) is 27.4 Å². The number of pyridine rings is 1. The highest BCUT2D eigenvalue weighted by atomic mass is 16.5. The van der Waals surface area contributed by atoms with Crippen molar-refractivity contribution in [1.29, 1.82) is 0 Å². The van der Waals surface area contributed by atoms with Gasteiger partial charge in [-0.2, -0.15) is 0 Å². The molecule has 1 aliphatic heterocycles. The molecule has 4 rings (SSSR count). The zero-order chi connectivity index (χ0) is 20.4. The minimum atomic E-state index is -0.0740. The first-order valence-corrected chi connectivity index (χ1v) is 9.62. The molecule has 2 aromatic carbocycles. The molecule has 0 saturated carbocycles. The highest BCUT2D eigenvalue weighted by Crippen LogP contribution is 2.39. The van der Waals surface area contributed by atoms with Crippen LogP contribution in [0.5, 0.6) is 17.2 Å². The molecule has 6 nitrogen and oxygen atoms in total. The van der Waals surface area contributed by atoms with Crippen molar-refractivity contribution in [2.75, 3.05) is 27.9 Å². The summed E-state index contributed by atoms with van der Waals surface area (Å²) in [5.41, 5.74) is 2.17. The Bertz CT molecular complexity index is 1050. The molecule has 2 heterocycles. The van der Waals surface area contributed by atoms with Crippen LogP contribution in [0.1, 0.15) is 34.9 Å². The fourth-order valence-electron chi connectivity index (χ4n) is 3.93. The van der Waals surface area contributed by atoms with Gasteiger partial charge in [0.25, 0.3) is 5.91 Å².